The van der Waals surface area contributed by atoms with Gasteiger partial charge in [-0.2, -0.15) is 5.10 Å². The summed E-state index contributed by atoms with van der Waals surface area (Å²) in [4.78, 5) is 4.47. The average Bonchev–Trinajstić information content (AvgIpc) is 3.63. The monoisotopic (exact) mass is 608 g/mol. The molecule has 0 saturated heterocycles. The minimum Gasteiger partial charge on any atom is -0.457 e. The maximum Gasteiger partial charge on any atom is 0.140 e. The molecule has 6 heteroatoms. The number of pyridine rings is 1. The van der Waals surface area contributed by atoms with Crippen molar-refractivity contribution in [3.05, 3.63) is 133 Å². The van der Waals surface area contributed by atoms with Gasteiger partial charge in [-0.3, -0.25) is 4.57 Å². The fourth-order valence-corrected chi connectivity index (χ4v) is 6.31. The van der Waals surface area contributed by atoms with E-state index in [2.05, 4.69) is 77.0 Å². The van der Waals surface area contributed by atoms with Crippen LogP contribution in [0, 0.1) is 5.82 Å². The van der Waals surface area contributed by atoms with Crippen molar-refractivity contribution in [3.8, 4) is 34.1 Å². The lowest BCUT2D eigenvalue weighted by Gasteiger charge is -2.29. The van der Waals surface area contributed by atoms with Crippen molar-refractivity contribution >= 4 is 21.8 Å². The molecule has 7 rings (SSSR count). The van der Waals surface area contributed by atoms with E-state index in [4.69, 9.17) is 9.84 Å². The van der Waals surface area contributed by atoms with Crippen LogP contribution in [0.15, 0.2) is 116 Å². The summed E-state index contributed by atoms with van der Waals surface area (Å²) in [5.74, 6) is 1.53. The highest BCUT2D eigenvalue weighted by Gasteiger charge is 2.27. The van der Waals surface area contributed by atoms with Crippen LogP contribution in [0.25, 0.3) is 44.4 Å². The third-order valence-corrected chi connectivity index (χ3v) is 8.45. The molecular formula is C40H37FN4O. The fourth-order valence-electron chi connectivity index (χ4n) is 6.31. The summed E-state index contributed by atoms with van der Waals surface area (Å²) in [5, 5.41) is 6.90. The molecule has 0 aliphatic heterocycles. The van der Waals surface area contributed by atoms with E-state index >= 15 is 0 Å². The summed E-state index contributed by atoms with van der Waals surface area (Å²) in [6, 6.07) is 31.4. The number of halogens is 1. The fraction of sp³-hybridized carbons (Fsp3) is 0.200. The second-order valence-corrected chi connectivity index (χ2v) is 13.9. The third kappa shape index (κ3) is 5.34. The molecule has 230 valence electrons. The molecule has 0 bridgehead atoms. The second kappa shape index (κ2) is 11.0. The van der Waals surface area contributed by atoms with E-state index in [1.807, 2.05) is 76.1 Å². The molecule has 5 nitrogen and oxygen atoms in total. The molecule has 0 unspecified atom stereocenters. The largest absolute Gasteiger partial charge is 0.457 e. The van der Waals surface area contributed by atoms with Crippen molar-refractivity contribution in [3.63, 3.8) is 0 Å². The first-order chi connectivity index (χ1) is 22.0. The number of benzene rings is 4. The van der Waals surface area contributed by atoms with Crippen LogP contribution in [0.1, 0.15) is 52.7 Å². The highest BCUT2D eigenvalue weighted by atomic mass is 19.1. The lowest BCUT2D eigenvalue weighted by atomic mass is 9.75. The number of para-hydroxylation sites is 1. The van der Waals surface area contributed by atoms with Crippen LogP contribution in [0.3, 0.4) is 0 Å². The summed E-state index contributed by atoms with van der Waals surface area (Å²) in [6.45, 7) is 13.6. The number of rotatable bonds is 5. The summed E-state index contributed by atoms with van der Waals surface area (Å²) >= 11 is 0. The Morgan fingerprint density at radius 1 is 0.674 bits per heavy atom. The first kappa shape index (κ1) is 29.5. The summed E-state index contributed by atoms with van der Waals surface area (Å²) in [6.07, 6.45) is 5.55. The van der Waals surface area contributed by atoms with Crippen molar-refractivity contribution in [2.24, 2.45) is 0 Å². The van der Waals surface area contributed by atoms with Crippen LogP contribution in [0.2, 0.25) is 0 Å². The second-order valence-electron chi connectivity index (χ2n) is 13.9. The van der Waals surface area contributed by atoms with E-state index in [0.29, 0.717) is 17.3 Å². The molecule has 0 fully saturated rings. The smallest absolute Gasteiger partial charge is 0.140 e. The van der Waals surface area contributed by atoms with E-state index < -0.39 is 0 Å². The van der Waals surface area contributed by atoms with Gasteiger partial charge in [-0.25, -0.2) is 14.1 Å². The Morgan fingerprint density at radius 3 is 2.11 bits per heavy atom. The lowest BCUT2D eigenvalue weighted by molar-refractivity contribution is 0.483. The highest BCUT2D eigenvalue weighted by molar-refractivity contribution is 6.09. The molecule has 0 atom stereocenters. The lowest BCUT2D eigenvalue weighted by Crippen LogP contribution is -2.18. The normalized spacial score (nSPS) is 12.2. The summed E-state index contributed by atoms with van der Waals surface area (Å²) in [5.41, 5.74) is 7.63. The zero-order valence-electron chi connectivity index (χ0n) is 27.0. The number of aromatic nitrogens is 4. The van der Waals surface area contributed by atoms with Gasteiger partial charge in [0.05, 0.1) is 22.9 Å². The van der Waals surface area contributed by atoms with Crippen LogP contribution in [-0.4, -0.2) is 19.3 Å². The summed E-state index contributed by atoms with van der Waals surface area (Å²) < 4.78 is 24.6. The Morgan fingerprint density at radius 2 is 1.37 bits per heavy atom. The quantitative estimate of drug-likeness (QED) is 0.195. The molecule has 0 radical (unpaired) electrons. The molecule has 46 heavy (non-hydrogen) atoms. The topological polar surface area (TPSA) is 44.9 Å². The van der Waals surface area contributed by atoms with Crippen LogP contribution in [0.5, 0.6) is 11.5 Å². The van der Waals surface area contributed by atoms with Crippen LogP contribution < -0.4 is 4.74 Å². The Bertz CT molecular complexity index is 2200. The van der Waals surface area contributed by atoms with Gasteiger partial charge in [0.15, 0.2) is 0 Å². The van der Waals surface area contributed by atoms with Crippen LogP contribution >= 0.6 is 0 Å². The van der Waals surface area contributed by atoms with Crippen molar-refractivity contribution in [1.82, 2.24) is 19.3 Å². The van der Waals surface area contributed by atoms with E-state index in [1.165, 1.54) is 35.0 Å². The predicted octanol–water partition coefficient (Wildman–Crippen LogP) is 10.6. The van der Waals surface area contributed by atoms with Gasteiger partial charge in [0.1, 0.15) is 23.1 Å². The van der Waals surface area contributed by atoms with Gasteiger partial charge >= 0.3 is 0 Å². The van der Waals surface area contributed by atoms with E-state index in [-0.39, 0.29) is 16.6 Å². The number of hydrogen-bond donors (Lipinski definition) is 0. The van der Waals surface area contributed by atoms with Gasteiger partial charge in [-0.15, -0.1) is 0 Å². The number of hydrogen-bond acceptors (Lipinski definition) is 3. The van der Waals surface area contributed by atoms with E-state index in [1.54, 1.807) is 0 Å². The number of ether oxygens (including phenoxy) is 1. The highest BCUT2D eigenvalue weighted by Crippen LogP contribution is 2.41. The maximum absolute atomic E-state index is 14.3. The Labute approximate surface area is 268 Å². The Kier molecular flexibility index (Phi) is 7.04. The molecule has 0 saturated carbocycles. The average molecular weight is 609 g/mol. The molecule has 4 aromatic carbocycles. The van der Waals surface area contributed by atoms with Crippen molar-refractivity contribution in [2.45, 2.75) is 52.4 Å². The first-order valence-corrected chi connectivity index (χ1v) is 15.6. The van der Waals surface area contributed by atoms with E-state index in [9.17, 15) is 4.39 Å². The molecular weight excluding hydrogens is 571 g/mol. The molecule has 0 amide bonds. The molecule has 0 aliphatic carbocycles. The molecule has 0 aliphatic rings. The third-order valence-electron chi connectivity index (χ3n) is 8.45. The SMILES string of the molecule is CC(C)(C)c1cccc(C(C)(C)C)c1-c1cnn(-c2cccc(Oc3ccc4c5ccccc5n(-c5cc(F)ccn5)c4c3)c2)c1. The van der Waals surface area contributed by atoms with Crippen molar-refractivity contribution in [1.29, 1.82) is 0 Å². The van der Waals surface area contributed by atoms with Crippen molar-refractivity contribution < 1.29 is 9.13 Å². The number of nitrogens with zero attached hydrogens (tertiary/aromatic N) is 4. The molecule has 3 aromatic heterocycles. The maximum atomic E-state index is 14.3. The van der Waals surface area contributed by atoms with Gasteiger partial charge in [0, 0.05) is 46.9 Å². The molecule has 0 N–H and O–H groups in total. The zero-order valence-corrected chi connectivity index (χ0v) is 27.0. The van der Waals surface area contributed by atoms with Gasteiger partial charge in [0.2, 0.25) is 0 Å². The minimum atomic E-state index is -0.335. The van der Waals surface area contributed by atoms with E-state index in [0.717, 1.165) is 33.1 Å². The minimum absolute atomic E-state index is 0.0238. The standard InChI is InChI=1S/C40H37FN4O/c1-39(2,3)33-14-10-15-34(40(4,5)6)38(33)26-24-43-44(25-26)28-11-9-12-29(22-28)46-30-17-18-32-31-13-7-8-16-35(31)45(36(32)23-30)37-21-27(41)19-20-42-37/h7-25H,1-6H3. The van der Waals surface area contributed by atoms with Crippen LogP contribution in [0.4, 0.5) is 4.39 Å². The van der Waals surface area contributed by atoms with Crippen LogP contribution in [-0.2, 0) is 10.8 Å². The van der Waals surface area contributed by atoms with Gasteiger partial charge in [-0.1, -0.05) is 84.0 Å². The predicted molar refractivity (Wildman–Crippen MR) is 185 cm³/mol. The Hall–Kier alpha value is -5.23. The number of fused-ring (bicyclic) bond motifs is 3. The summed E-state index contributed by atoms with van der Waals surface area (Å²) in [7, 11) is 0. The zero-order chi connectivity index (χ0) is 32.2. The molecule has 0 spiro atoms. The van der Waals surface area contributed by atoms with Gasteiger partial charge in [-0.05, 0) is 63.9 Å². The van der Waals surface area contributed by atoms with Gasteiger partial charge in [0.25, 0.3) is 0 Å². The van der Waals surface area contributed by atoms with Gasteiger partial charge < -0.3 is 4.74 Å². The molecule has 7 aromatic rings. The van der Waals surface area contributed by atoms with Crippen molar-refractivity contribution in [2.75, 3.05) is 0 Å². The first-order valence-electron chi connectivity index (χ1n) is 15.6. The Balaban J connectivity index is 1.26. The molecule has 3 heterocycles.